The molecule has 2 heterocycles. The van der Waals surface area contributed by atoms with Gasteiger partial charge < -0.3 is 14.6 Å². The predicted molar refractivity (Wildman–Crippen MR) is 134 cm³/mol. The lowest BCUT2D eigenvalue weighted by Gasteiger charge is -2.33. The first-order chi connectivity index (χ1) is 15.7. The van der Waals surface area contributed by atoms with E-state index in [1.54, 1.807) is 7.05 Å². The van der Waals surface area contributed by atoms with E-state index >= 15 is 0 Å². The zero-order valence-electron chi connectivity index (χ0n) is 21.1. The maximum Gasteiger partial charge on any atom is 0.252 e. The van der Waals surface area contributed by atoms with Crippen molar-refractivity contribution in [2.45, 2.75) is 96.4 Å². The molecule has 2 aromatic rings. The molecular formula is C29H40N2O2. The van der Waals surface area contributed by atoms with Crippen molar-refractivity contribution in [2.24, 2.45) is 5.92 Å². The van der Waals surface area contributed by atoms with E-state index in [9.17, 15) is 4.79 Å². The summed E-state index contributed by atoms with van der Waals surface area (Å²) in [6.45, 7) is 10.8. The number of fused-ring (bicyclic) bond motifs is 2. The third-order valence-electron chi connectivity index (χ3n) is 8.45. The topological polar surface area (TPSA) is 43.3 Å². The highest BCUT2D eigenvalue weighted by molar-refractivity contribution is 5.96. The van der Waals surface area contributed by atoms with Crippen molar-refractivity contribution in [3.63, 3.8) is 0 Å². The minimum atomic E-state index is -0.00697. The third kappa shape index (κ3) is 4.00. The quantitative estimate of drug-likeness (QED) is 0.579. The lowest BCUT2D eigenvalue weighted by Crippen LogP contribution is -2.24. The van der Waals surface area contributed by atoms with Gasteiger partial charge in [0.2, 0.25) is 0 Å². The third-order valence-corrected chi connectivity index (χ3v) is 8.45. The Labute approximate surface area is 199 Å². The van der Waals surface area contributed by atoms with Crippen LogP contribution in [0.1, 0.15) is 99.3 Å². The summed E-state index contributed by atoms with van der Waals surface area (Å²) in [6.07, 6.45) is 10.3. The Morgan fingerprint density at radius 2 is 1.85 bits per heavy atom. The van der Waals surface area contributed by atoms with E-state index in [0.717, 1.165) is 36.6 Å². The molecule has 178 valence electrons. The number of ether oxygens (including phenoxy) is 1. The highest BCUT2D eigenvalue weighted by Crippen LogP contribution is 2.58. The van der Waals surface area contributed by atoms with E-state index in [1.807, 2.05) is 0 Å². The Balaban J connectivity index is 1.67. The zero-order valence-corrected chi connectivity index (χ0v) is 21.1. The van der Waals surface area contributed by atoms with Crippen LogP contribution in [0.5, 0.6) is 5.75 Å². The Hall–Kier alpha value is -2.23. The van der Waals surface area contributed by atoms with E-state index in [2.05, 4.69) is 55.8 Å². The number of hydrogen-bond acceptors (Lipinski definition) is 2. The van der Waals surface area contributed by atoms with Crippen LogP contribution in [0.15, 0.2) is 18.2 Å². The molecule has 2 fully saturated rings. The van der Waals surface area contributed by atoms with Crippen molar-refractivity contribution in [1.82, 2.24) is 9.88 Å². The molecule has 0 unspecified atom stereocenters. The number of carbonyl (C=O) groups is 1. The number of benzene rings is 1. The molecule has 3 aliphatic rings. The molecule has 1 N–H and O–H groups in total. The Kier molecular flexibility index (Phi) is 5.61. The van der Waals surface area contributed by atoms with Gasteiger partial charge in [0.05, 0.1) is 12.2 Å². The van der Waals surface area contributed by atoms with E-state index in [-0.39, 0.29) is 11.3 Å². The first-order valence-corrected chi connectivity index (χ1v) is 13.0. The lowest BCUT2D eigenvalue weighted by molar-refractivity contribution is 0.0962. The molecule has 0 atom stereocenters. The Morgan fingerprint density at radius 1 is 1.12 bits per heavy atom. The lowest BCUT2D eigenvalue weighted by atomic mass is 9.79. The van der Waals surface area contributed by atoms with Crippen molar-refractivity contribution in [1.29, 1.82) is 0 Å². The molecule has 4 heteroatoms. The molecular weight excluding hydrogens is 408 g/mol. The number of nitrogens with zero attached hydrogens (tertiary/aromatic N) is 1. The van der Waals surface area contributed by atoms with Gasteiger partial charge in [-0.05, 0) is 74.1 Å². The maximum atomic E-state index is 12.8. The summed E-state index contributed by atoms with van der Waals surface area (Å²) in [5.74, 6) is 1.83. The molecule has 1 aromatic carbocycles. The highest BCUT2D eigenvalue weighted by Gasteiger charge is 2.49. The van der Waals surface area contributed by atoms with Crippen LogP contribution >= 0.6 is 0 Å². The molecule has 2 saturated carbocycles. The summed E-state index contributed by atoms with van der Waals surface area (Å²) >= 11 is 0. The van der Waals surface area contributed by atoms with Crippen LogP contribution < -0.4 is 10.1 Å². The van der Waals surface area contributed by atoms with Gasteiger partial charge in [-0.25, -0.2) is 0 Å². The fraction of sp³-hybridized carbons (Fsp3) is 0.621. The van der Waals surface area contributed by atoms with Gasteiger partial charge in [0.1, 0.15) is 5.75 Å². The van der Waals surface area contributed by atoms with Crippen molar-refractivity contribution in [3.05, 3.63) is 40.6 Å². The number of nitrogens with one attached hydrogen (secondary N) is 1. The van der Waals surface area contributed by atoms with E-state index in [4.69, 9.17) is 4.74 Å². The molecule has 0 radical (unpaired) electrons. The Morgan fingerprint density at radius 3 is 2.48 bits per heavy atom. The molecule has 1 spiro atoms. The molecule has 5 rings (SSSR count). The van der Waals surface area contributed by atoms with Crippen molar-refractivity contribution in [2.75, 3.05) is 13.7 Å². The van der Waals surface area contributed by atoms with Crippen LogP contribution in [-0.4, -0.2) is 24.1 Å². The summed E-state index contributed by atoms with van der Waals surface area (Å²) in [4.78, 5) is 12.8. The summed E-state index contributed by atoms with van der Waals surface area (Å²) in [5, 5.41) is 2.85. The molecule has 1 aliphatic heterocycles. The first kappa shape index (κ1) is 22.6. The van der Waals surface area contributed by atoms with Crippen molar-refractivity contribution >= 4 is 5.91 Å². The second kappa shape index (κ2) is 8.21. The molecule has 4 nitrogen and oxygen atoms in total. The van der Waals surface area contributed by atoms with Crippen LogP contribution in [0.25, 0.3) is 11.3 Å². The molecule has 2 aliphatic carbocycles. The van der Waals surface area contributed by atoms with E-state index < -0.39 is 0 Å². The van der Waals surface area contributed by atoms with E-state index in [1.165, 1.54) is 67.3 Å². The van der Waals surface area contributed by atoms with Crippen LogP contribution in [0, 0.1) is 12.8 Å². The van der Waals surface area contributed by atoms with Crippen LogP contribution in [-0.2, 0) is 17.4 Å². The highest BCUT2D eigenvalue weighted by atomic mass is 16.5. The molecule has 1 amide bonds. The van der Waals surface area contributed by atoms with Gasteiger partial charge in [0.15, 0.2) is 0 Å². The van der Waals surface area contributed by atoms with E-state index in [0.29, 0.717) is 11.3 Å². The normalized spacial score (nSPS) is 19.8. The fourth-order valence-corrected chi connectivity index (χ4v) is 6.15. The summed E-state index contributed by atoms with van der Waals surface area (Å²) in [7, 11) is 1.73. The van der Waals surface area contributed by atoms with Gasteiger partial charge in [-0.2, -0.15) is 0 Å². The van der Waals surface area contributed by atoms with Gasteiger partial charge in [-0.3, -0.25) is 4.79 Å². The van der Waals surface area contributed by atoms with Gasteiger partial charge in [-0.1, -0.05) is 40.0 Å². The SMILES string of the molecule is CNC(=O)c1cc(-c2cc(C(C)(C)C)c3c(c2)C2(CCO3)CC2)n(CC2CCCCC2)c1C. The molecule has 0 saturated heterocycles. The average molecular weight is 449 g/mol. The predicted octanol–water partition coefficient (Wildman–Crippen LogP) is 6.52. The van der Waals surface area contributed by atoms with Gasteiger partial charge in [-0.15, -0.1) is 0 Å². The summed E-state index contributed by atoms with van der Waals surface area (Å²) in [5.41, 5.74) is 7.32. The van der Waals surface area contributed by atoms with Crippen molar-refractivity contribution in [3.8, 4) is 17.0 Å². The minimum Gasteiger partial charge on any atom is -0.493 e. The standard InChI is InChI=1S/C29H40N2O2/c1-19-22(27(32)30-5)17-25(31(19)18-20-9-7-6-8-10-20)21-15-23(28(2,3)4)26-24(16-21)29(11-12-29)13-14-33-26/h15-17,20H,6-14,18H2,1-5H3,(H,30,32). The number of rotatable bonds is 4. The zero-order chi connectivity index (χ0) is 23.4. The summed E-state index contributed by atoms with van der Waals surface area (Å²) in [6, 6.07) is 6.88. The molecule has 1 aromatic heterocycles. The largest absolute Gasteiger partial charge is 0.493 e. The fourth-order valence-electron chi connectivity index (χ4n) is 6.15. The second-order valence-electron chi connectivity index (χ2n) is 11.8. The van der Waals surface area contributed by atoms with Crippen molar-refractivity contribution < 1.29 is 9.53 Å². The van der Waals surface area contributed by atoms with Crippen LogP contribution in [0.2, 0.25) is 0 Å². The first-order valence-electron chi connectivity index (χ1n) is 13.0. The molecule has 33 heavy (non-hydrogen) atoms. The van der Waals surface area contributed by atoms with Gasteiger partial charge in [0.25, 0.3) is 5.91 Å². The second-order valence-corrected chi connectivity index (χ2v) is 11.8. The number of hydrogen-bond donors (Lipinski definition) is 1. The average Bonchev–Trinajstić information content (AvgIpc) is 3.50. The smallest absolute Gasteiger partial charge is 0.252 e. The number of amides is 1. The van der Waals surface area contributed by atoms with Gasteiger partial charge in [0, 0.05) is 41.5 Å². The van der Waals surface area contributed by atoms with Gasteiger partial charge >= 0.3 is 0 Å². The van der Waals surface area contributed by atoms with Crippen LogP contribution in [0.4, 0.5) is 0 Å². The minimum absolute atomic E-state index is 0.00662. The number of carbonyl (C=O) groups excluding carboxylic acids is 1. The number of aromatic nitrogens is 1. The monoisotopic (exact) mass is 448 g/mol. The van der Waals surface area contributed by atoms with Crippen LogP contribution in [0.3, 0.4) is 0 Å². The Bertz CT molecular complexity index is 1050. The summed E-state index contributed by atoms with van der Waals surface area (Å²) < 4.78 is 8.76. The molecule has 0 bridgehead atoms. The maximum absolute atomic E-state index is 12.8.